The highest BCUT2D eigenvalue weighted by atomic mass is 16.3. The zero-order valence-corrected chi connectivity index (χ0v) is 7.83. The van der Waals surface area contributed by atoms with Gasteiger partial charge in [-0.05, 0) is 31.0 Å². The third kappa shape index (κ3) is 1.60. The minimum atomic E-state index is -0.221. The highest BCUT2D eigenvalue weighted by Crippen LogP contribution is 2.25. The van der Waals surface area contributed by atoms with Crippen LogP contribution in [0.25, 0.3) is 0 Å². The van der Waals surface area contributed by atoms with Crippen molar-refractivity contribution in [1.29, 1.82) is 0 Å². The van der Waals surface area contributed by atoms with E-state index in [1.807, 2.05) is 12.1 Å². The van der Waals surface area contributed by atoms with Gasteiger partial charge in [0.25, 0.3) is 0 Å². The van der Waals surface area contributed by atoms with E-state index in [9.17, 15) is 5.11 Å². The fraction of sp³-hybridized carbons (Fsp3) is 0.455. The standard InChI is InChI=1S/C11H15NO/c1-8-4-2-3-5-9(8)11-10(13)6-7-12-11/h2-5,10-13H,6-7H2,1H3/t10-,11-/m1/s1. The van der Waals surface area contributed by atoms with Crippen LogP contribution in [0.3, 0.4) is 0 Å². The molecule has 1 aromatic rings. The van der Waals surface area contributed by atoms with E-state index in [0.29, 0.717) is 0 Å². The van der Waals surface area contributed by atoms with Crippen molar-refractivity contribution in [1.82, 2.24) is 5.32 Å². The molecule has 0 spiro atoms. The predicted octanol–water partition coefficient (Wildman–Crippen LogP) is 1.39. The lowest BCUT2D eigenvalue weighted by Crippen LogP contribution is -2.21. The molecule has 2 nitrogen and oxygen atoms in total. The minimum absolute atomic E-state index is 0.140. The quantitative estimate of drug-likeness (QED) is 0.679. The van der Waals surface area contributed by atoms with E-state index >= 15 is 0 Å². The summed E-state index contributed by atoms with van der Waals surface area (Å²) in [5.41, 5.74) is 2.48. The molecular weight excluding hydrogens is 162 g/mol. The molecule has 0 aromatic heterocycles. The summed E-state index contributed by atoms with van der Waals surface area (Å²) < 4.78 is 0. The van der Waals surface area contributed by atoms with Gasteiger partial charge in [0.2, 0.25) is 0 Å². The maximum atomic E-state index is 9.70. The molecule has 13 heavy (non-hydrogen) atoms. The van der Waals surface area contributed by atoms with E-state index in [-0.39, 0.29) is 12.1 Å². The van der Waals surface area contributed by atoms with Crippen LogP contribution < -0.4 is 5.32 Å². The summed E-state index contributed by atoms with van der Waals surface area (Å²) in [6.07, 6.45) is 0.639. The number of aliphatic hydroxyl groups is 1. The Morgan fingerprint density at radius 1 is 1.38 bits per heavy atom. The first-order valence-electron chi connectivity index (χ1n) is 4.76. The molecule has 1 fully saturated rings. The Labute approximate surface area is 78.6 Å². The lowest BCUT2D eigenvalue weighted by molar-refractivity contribution is 0.160. The van der Waals surface area contributed by atoms with Crippen molar-refractivity contribution < 1.29 is 5.11 Å². The van der Waals surface area contributed by atoms with Gasteiger partial charge >= 0.3 is 0 Å². The molecule has 2 heteroatoms. The highest BCUT2D eigenvalue weighted by Gasteiger charge is 2.26. The van der Waals surface area contributed by atoms with Gasteiger partial charge in [-0.1, -0.05) is 24.3 Å². The topological polar surface area (TPSA) is 32.3 Å². The van der Waals surface area contributed by atoms with E-state index in [4.69, 9.17) is 0 Å². The second kappa shape index (κ2) is 3.48. The summed E-state index contributed by atoms with van der Waals surface area (Å²) in [6.45, 7) is 3.00. The third-order valence-corrected chi connectivity index (χ3v) is 2.71. The van der Waals surface area contributed by atoms with E-state index in [1.165, 1.54) is 11.1 Å². The summed E-state index contributed by atoms with van der Waals surface area (Å²) in [7, 11) is 0. The Bertz CT molecular complexity index is 298. The summed E-state index contributed by atoms with van der Waals surface area (Å²) in [4.78, 5) is 0. The monoisotopic (exact) mass is 177 g/mol. The Balaban J connectivity index is 2.29. The van der Waals surface area contributed by atoms with Crippen LogP contribution >= 0.6 is 0 Å². The molecular formula is C11H15NO. The normalized spacial score (nSPS) is 27.8. The molecule has 0 saturated carbocycles. The van der Waals surface area contributed by atoms with Gasteiger partial charge in [-0.2, -0.15) is 0 Å². The van der Waals surface area contributed by atoms with Crippen LogP contribution in [0.5, 0.6) is 0 Å². The predicted molar refractivity (Wildman–Crippen MR) is 52.5 cm³/mol. The largest absolute Gasteiger partial charge is 0.391 e. The Morgan fingerprint density at radius 2 is 2.15 bits per heavy atom. The number of nitrogens with one attached hydrogen (secondary N) is 1. The molecule has 0 aliphatic carbocycles. The van der Waals surface area contributed by atoms with Crippen molar-refractivity contribution in [3.63, 3.8) is 0 Å². The Hall–Kier alpha value is -0.860. The number of hydrogen-bond donors (Lipinski definition) is 2. The fourth-order valence-electron chi connectivity index (χ4n) is 1.94. The van der Waals surface area contributed by atoms with Crippen molar-refractivity contribution in [2.75, 3.05) is 6.54 Å². The molecule has 1 heterocycles. The van der Waals surface area contributed by atoms with Crippen LogP contribution in [0.4, 0.5) is 0 Å². The lowest BCUT2D eigenvalue weighted by atomic mass is 9.98. The van der Waals surface area contributed by atoms with Gasteiger partial charge in [0.1, 0.15) is 0 Å². The van der Waals surface area contributed by atoms with Crippen molar-refractivity contribution in [2.24, 2.45) is 0 Å². The van der Waals surface area contributed by atoms with Crippen LogP contribution in [0.2, 0.25) is 0 Å². The third-order valence-electron chi connectivity index (χ3n) is 2.71. The fourth-order valence-corrected chi connectivity index (χ4v) is 1.94. The second-order valence-electron chi connectivity index (χ2n) is 3.64. The van der Waals surface area contributed by atoms with Gasteiger partial charge in [-0.15, -0.1) is 0 Å². The van der Waals surface area contributed by atoms with Gasteiger partial charge in [-0.25, -0.2) is 0 Å². The Kier molecular flexibility index (Phi) is 2.34. The number of benzene rings is 1. The summed E-state index contributed by atoms with van der Waals surface area (Å²) >= 11 is 0. The summed E-state index contributed by atoms with van der Waals surface area (Å²) in [5, 5.41) is 13.0. The number of aliphatic hydroxyl groups excluding tert-OH is 1. The van der Waals surface area contributed by atoms with Gasteiger partial charge in [0.15, 0.2) is 0 Å². The maximum Gasteiger partial charge on any atom is 0.0747 e. The zero-order valence-electron chi connectivity index (χ0n) is 7.83. The van der Waals surface area contributed by atoms with Crippen molar-refractivity contribution in [3.05, 3.63) is 35.4 Å². The molecule has 2 atom stereocenters. The molecule has 1 saturated heterocycles. The smallest absolute Gasteiger partial charge is 0.0747 e. The van der Waals surface area contributed by atoms with E-state index < -0.39 is 0 Å². The molecule has 1 aromatic carbocycles. The van der Waals surface area contributed by atoms with Crippen LogP contribution in [0.15, 0.2) is 24.3 Å². The van der Waals surface area contributed by atoms with E-state index in [0.717, 1.165) is 13.0 Å². The van der Waals surface area contributed by atoms with Gasteiger partial charge < -0.3 is 10.4 Å². The zero-order chi connectivity index (χ0) is 9.26. The molecule has 0 bridgehead atoms. The molecule has 1 aliphatic heterocycles. The molecule has 0 unspecified atom stereocenters. The van der Waals surface area contributed by atoms with Crippen LogP contribution in [0.1, 0.15) is 23.6 Å². The molecule has 0 radical (unpaired) electrons. The molecule has 1 aliphatic rings. The van der Waals surface area contributed by atoms with Gasteiger partial charge in [-0.3, -0.25) is 0 Å². The minimum Gasteiger partial charge on any atom is -0.391 e. The SMILES string of the molecule is Cc1ccccc1[C@H]1NCC[C@H]1O. The van der Waals surface area contributed by atoms with Crippen molar-refractivity contribution >= 4 is 0 Å². The molecule has 70 valence electrons. The number of rotatable bonds is 1. The van der Waals surface area contributed by atoms with Crippen LogP contribution in [-0.4, -0.2) is 17.8 Å². The van der Waals surface area contributed by atoms with Crippen molar-refractivity contribution in [2.45, 2.75) is 25.5 Å². The lowest BCUT2D eigenvalue weighted by Gasteiger charge is -2.17. The molecule has 0 amide bonds. The number of hydrogen-bond acceptors (Lipinski definition) is 2. The van der Waals surface area contributed by atoms with E-state index in [2.05, 4.69) is 24.4 Å². The van der Waals surface area contributed by atoms with Crippen LogP contribution in [-0.2, 0) is 0 Å². The molecule has 2 N–H and O–H groups in total. The average Bonchev–Trinajstić information content (AvgIpc) is 2.52. The second-order valence-corrected chi connectivity index (χ2v) is 3.64. The highest BCUT2D eigenvalue weighted by molar-refractivity contribution is 5.30. The Morgan fingerprint density at radius 3 is 2.77 bits per heavy atom. The van der Waals surface area contributed by atoms with Gasteiger partial charge in [0, 0.05) is 0 Å². The first-order chi connectivity index (χ1) is 6.29. The van der Waals surface area contributed by atoms with Crippen molar-refractivity contribution in [3.8, 4) is 0 Å². The molecule has 2 rings (SSSR count). The summed E-state index contributed by atoms with van der Waals surface area (Å²) in [5.74, 6) is 0. The summed E-state index contributed by atoms with van der Waals surface area (Å²) in [6, 6.07) is 8.36. The first-order valence-corrected chi connectivity index (χ1v) is 4.76. The van der Waals surface area contributed by atoms with E-state index in [1.54, 1.807) is 0 Å². The van der Waals surface area contributed by atoms with Crippen LogP contribution in [0, 0.1) is 6.92 Å². The maximum absolute atomic E-state index is 9.70. The average molecular weight is 177 g/mol. The number of aryl methyl sites for hydroxylation is 1. The first kappa shape index (κ1) is 8.73. The van der Waals surface area contributed by atoms with Gasteiger partial charge in [0.05, 0.1) is 12.1 Å².